The molecule has 3 heteroatoms. The molecule has 17 heavy (non-hydrogen) atoms. The second kappa shape index (κ2) is 7.57. The first-order chi connectivity index (χ1) is 8.24. The van der Waals surface area contributed by atoms with Crippen molar-refractivity contribution in [1.82, 2.24) is 5.32 Å². The molecule has 0 saturated carbocycles. The van der Waals surface area contributed by atoms with Gasteiger partial charge in [-0.2, -0.15) is 0 Å². The minimum atomic E-state index is 0.861. The number of rotatable bonds is 7. The summed E-state index contributed by atoms with van der Waals surface area (Å²) < 4.78 is 0. The zero-order valence-electron chi connectivity index (χ0n) is 11.1. The molecule has 0 bridgehead atoms. The van der Waals surface area contributed by atoms with Gasteiger partial charge in [-0.05, 0) is 31.5 Å². The van der Waals surface area contributed by atoms with Crippen LogP contribution in [-0.4, -0.2) is 20.1 Å². The van der Waals surface area contributed by atoms with Crippen LogP contribution in [0.15, 0.2) is 18.2 Å². The SMILES string of the molecule is CCCN(CCC)c1c(Cl)cccc1CNC. The van der Waals surface area contributed by atoms with Gasteiger partial charge in [-0.1, -0.05) is 37.6 Å². The Morgan fingerprint density at radius 2 is 1.82 bits per heavy atom. The Kier molecular flexibility index (Phi) is 6.38. The van der Waals surface area contributed by atoms with Gasteiger partial charge in [-0.15, -0.1) is 0 Å². The van der Waals surface area contributed by atoms with Crippen LogP contribution in [0.3, 0.4) is 0 Å². The Morgan fingerprint density at radius 1 is 1.18 bits per heavy atom. The number of hydrogen-bond acceptors (Lipinski definition) is 2. The summed E-state index contributed by atoms with van der Waals surface area (Å²) in [6.45, 7) is 7.40. The Labute approximate surface area is 110 Å². The maximum atomic E-state index is 6.36. The Balaban J connectivity index is 3.05. The van der Waals surface area contributed by atoms with E-state index in [1.165, 1.54) is 11.3 Å². The third-order valence-corrected chi connectivity index (χ3v) is 3.05. The van der Waals surface area contributed by atoms with Gasteiger partial charge < -0.3 is 10.2 Å². The standard InChI is InChI=1S/C14H23ClN2/c1-4-9-17(10-5-2)14-12(11-16-3)7-6-8-13(14)15/h6-8,16H,4-5,9-11H2,1-3H3. The van der Waals surface area contributed by atoms with Gasteiger partial charge >= 0.3 is 0 Å². The highest BCUT2D eigenvalue weighted by Gasteiger charge is 2.13. The highest BCUT2D eigenvalue weighted by molar-refractivity contribution is 6.33. The Bertz CT molecular complexity index is 333. The molecular weight excluding hydrogens is 232 g/mol. The maximum Gasteiger partial charge on any atom is 0.0642 e. The van der Waals surface area contributed by atoms with E-state index in [0.717, 1.165) is 37.5 Å². The molecule has 0 fully saturated rings. The van der Waals surface area contributed by atoms with E-state index in [1.54, 1.807) is 0 Å². The molecule has 96 valence electrons. The monoisotopic (exact) mass is 254 g/mol. The number of halogens is 1. The predicted octanol–water partition coefficient (Wildman–Crippen LogP) is 3.69. The smallest absolute Gasteiger partial charge is 0.0642 e. The summed E-state index contributed by atoms with van der Waals surface area (Å²) >= 11 is 6.36. The number of hydrogen-bond donors (Lipinski definition) is 1. The first-order valence-electron chi connectivity index (χ1n) is 6.41. The molecule has 1 rings (SSSR count). The van der Waals surface area contributed by atoms with Crippen molar-refractivity contribution in [1.29, 1.82) is 0 Å². The Hall–Kier alpha value is -0.730. The molecule has 0 aromatic heterocycles. The molecule has 1 N–H and O–H groups in total. The largest absolute Gasteiger partial charge is 0.370 e. The number of para-hydroxylation sites is 1. The van der Waals surface area contributed by atoms with Gasteiger partial charge in [-0.25, -0.2) is 0 Å². The number of nitrogens with one attached hydrogen (secondary N) is 1. The number of benzene rings is 1. The third kappa shape index (κ3) is 3.90. The van der Waals surface area contributed by atoms with E-state index in [-0.39, 0.29) is 0 Å². The predicted molar refractivity (Wildman–Crippen MR) is 77.0 cm³/mol. The van der Waals surface area contributed by atoms with E-state index in [1.807, 2.05) is 19.2 Å². The second-order valence-corrected chi connectivity index (χ2v) is 4.67. The number of anilines is 1. The van der Waals surface area contributed by atoms with Crippen molar-refractivity contribution in [2.75, 3.05) is 25.0 Å². The summed E-state index contributed by atoms with van der Waals surface area (Å²) in [5.74, 6) is 0. The van der Waals surface area contributed by atoms with Crippen molar-refractivity contribution in [3.8, 4) is 0 Å². The van der Waals surface area contributed by atoms with E-state index >= 15 is 0 Å². The molecule has 0 saturated heterocycles. The molecule has 0 heterocycles. The van der Waals surface area contributed by atoms with Crippen LogP contribution in [0.4, 0.5) is 5.69 Å². The summed E-state index contributed by atoms with van der Waals surface area (Å²) in [6, 6.07) is 6.15. The van der Waals surface area contributed by atoms with Crippen molar-refractivity contribution in [3.63, 3.8) is 0 Å². The quantitative estimate of drug-likeness (QED) is 0.799. The van der Waals surface area contributed by atoms with Gasteiger partial charge in [0.25, 0.3) is 0 Å². The molecule has 2 nitrogen and oxygen atoms in total. The fourth-order valence-corrected chi connectivity index (χ4v) is 2.44. The van der Waals surface area contributed by atoms with Crippen LogP contribution in [0, 0.1) is 0 Å². The number of nitrogens with zero attached hydrogens (tertiary/aromatic N) is 1. The summed E-state index contributed by atoms with van der Waals surface area (Å²) in [4.78, 5) is 2.40. The molecule has 1 aromatic carbocycles. The van der Waals surface area contributed by atoms with Gasteiger partial charge in [0.2, 0.25) is 0 Å². The minimum absolute atomic E-state index is 0.861. The lowest BCUT2D eigenvalue weighted by molar-refractivity contribution is 0.732. The molecule has 0 aliphatic rings. The lowest BCUT2D eigenvalue weighted by Gasteiger charge is -2.27. The van der Waals surface area contributed by atoms with E-state index in [2.05, 4.69) is 30.1 Å². The molecular formula is C14H23ClN2. The highest BCUT2D eigenvalue weighted by atomic mass is 35.5. The topological polar surface area (TPSA) is 15.3 Å². The lowest BCUT2D eigenvalue weighted by atomic mass is 10.1. The van der Waals surface area contributed by atoms with Gasteiger partial charge in [0.1, 0.15) is 0 Å². The molecule has 0 aliphatic carbocycles. The van der Waals surface area contributed by atoms with Crippen molar-refractivity contribution in [2.24, 2.45) is 0 Å². The minimum Gasteiger partial charge on any atom is -0.370 e. The van der Waals surface area contributed by atoms with Crippen LogP contribution in [0.1, 0.15) is 32.3 Å². The fraction of sp³-hybridized carbons (Fsp3) is 0.571. The molecule has 0 spiro atoms. The van der Waals surface area contributed by atoms with Crippen LogP contribution in [0.2, 0.25) is 5.02 Å². The highest BCUT2D eigenvalue weighted by Crippen LogP contribution is 2.30. The van der Waals surface area contributed by atoms with Crippen LogP contribution < -0.4 is 10.2 Å². The summed E-state index contributed by atoms with van der Waals surface area (Å²) in [5.41, 5.74) is 2.48. The van der Waals surface area contributed by atoms with Crippen LogP contribution >= 0.6 is 11.6 Å². The van der Waals surface area contributed by atoms with Crippen LogP contribution in [0.25, 0.3) is 0 Å². The fourth-order valence-electron chi connectivity index (χ4n) is 2.12. The maximum absolute atomic E-state index is 6.36. The average molecular weight is 255 g/mol. The van der Waals surface area contributed by atoms with Gasteiger partial charge in [0, 0.05) is 19.6 Å². The molecule has 0 radical (unpaired) electrons. The second-order valence-electron chi connectivity index (χ2n) is 4.26. The molecule has 0 unspecified atom stereocenters. The molecule has 0 aliphatic heterocycles. The summed E-state index contributed by atoms with van der Waals surface area (Å²) in [7, 11) is 1.97. The van der Waals surface area contributed by atoms with E-state index in [9.17, 15) is 0 Å². The first-order valence-corrected chi connectivity index (χ1v) is 6.79. The summed E-state index contributed by atoms with van der Waals surface area (Å²) in [5, 5.41) is 4.07. The molecule has 1 aromatic rings. The van der Waals surface area contributed by atoms with Crippen molar-refractivity contribution in [2.45, 2.75) is 33.2 Å². The van der Waals surface area contributed by atoms with E-state index < -0.39 is 0 Å². The lowest BCUT2D eigenvalue weighted by Crippen LogP contribution is -2.27. The van der Waals surface area contributed by atoms with Crippen molar-refractivity contribution >= 4 is 17.3 Å². The van der Waals surface area contributed by atoms with Crippen molar-refractivity contribution < 1.29 is 0 Å². The molecule has 0 atom stereocenters. The molecule has 0 amide bonds. The van der Waals surface area contributed by atoms with E-state index in [4.69, 9.17) is 11.6 Å². The van der Waals surface area contributed by atoms with Crippen LogP contribution in [-0.2, 0) is 6.54 Å². The normalized spacial score (nSPS) is 10.6. The van der Waals surface area contributed by atoms with Gasteiger partial charge in [-0.3, -0.25) is 0 Å². The van der Waals surface area contributed by atoms with Crippen LogP contribution in [0.5, 0.6) is 0 Å². The zero-order valence-corrected chi connectivity index (χ0v) is 11.8. The van der Waals surface area contributed by atoms with Gasteiger partial charge in [0.15, 0.2) is 0 Å². The average Bonchev–Trinajstić information content (AvgIpc) is 2.30. The first kappa shape index (κ1) is 14.3. The third-order valence-electron chi connectivity index (χ3n) is 2.74. The Morgan fingerprint density at radius 3 is 2.35 bits per heavy atom. The zero-order chi connectivity index (χ0) is 12.7. The summed E-state index contributed by atoms with van der Waals surface area (Å²) in [6.07, 6.45) is 2.29. The van der Waals surface area contributed by atoms with E-state index in [0.29, 0.717) is 0 Å². The van der Waals surface area contributed by atoms with Crippen molar-refractivity contribution in [3.05, 3.63) is 28.8 Å². The van der Waals surface area contributed by atoms with Gasteiger partial charge in [0.05, 0.1) is 10.7 Å².